The molecule has 1 amide bonds. The molecule has 1 atom stereocenters. The van der Waals surface area contributed by atoms with Crippen LogP contribution in [0.25, 0.3) is 0 Å². The normalized spacial score (nSPS) is 13.1. The van der Waals surface area contributed by atoms with Crippen LogP contribution in [0.1, 0.15) is 20.3 Å². The van der Waals surface area contributed by atoms with Crippen molar-refractivity contribution < 1.29 is 9.59 Å². The number of primary amides is 1. The molecule has 0 saturated heterocycles. The van der Waals surface area contributed by atoms with Crippen LogP contribution in [0.5, 0.6) is 0 Å². The Morgan fingerprint density at radius 3 is 2.09 bits per heavy atom. The first-order chi connectivity index (χ1) is 4.95. The highest BCUT2D eigenvalue weighted by molar-refractivity contribution is 5.90. The van der Waals surface area contributed by atoms with Crippen molar-refractivity contribution in [3.05, 3.63) is 0 Å². The summed E-state index contributed by atoms with van der Waals surface area (Å²) >= 11 is 0. The maximum Gasteiger partial charge on any atom is 0.219 e. The summed E-state index contributed by atoms with van der Waals surface area (Å²) in [5.41, 5.74) is 10.2. The molecule has 64 valence electrons. The van der Waals surface area contributed by atoms with Crippen LogP contribution >= 0.6 is 0 Å². The summed E-state index contributed by atoms with van der Waals surface area (Å²) in [5.74, 6) is -0.792. The predicted octanol–water partition coefficient (Wildman–Crippen LogP) is -0.586. The number of hydrogen-bond acceptors (Lipinski definition) is 3. The van der Waals surface area contributed by atoms with Crippen molar-refractivity contribution in [1.29, 1.82) is 0 Å². The molecule has 0 fully saturated rings. The zero-order chi connectivity index (χ0) is 9.02. The highest BCUT2D eigenvalue weighted by Crippen LogP contribution is 2.00. The van der Waals surface area contributed by atoms with Gasteiger partial charge in [-0.2, -0.15) is 0 Å². The van der Waals surface area contributed by atoms with Gasteiger partial charge in [-0.1, -0.05) is 13.8 Å². The second kappa shape index (κ2) is 4.08. The van der Waals surface area contributed by atoms with E-state index in [4.69, 9.17) is 11.5 Å². The minimum absolute atomic E-state index is 0.0585. The molecule has 0 aromatic carbocycles. The molecule has 0 radical (unpaired) electrons. The Bertz CT molecular complexity index is 166. The van der Waals surface area contributed by atoms with Crippen molar-refractivity contribution in [3.63, 3.8) is 0 Å². The van der Waals surface area contributed by atoms with E-state index in [1.807, 2.05) is 0 Å². The van der Waals surface area contributed by atoms with Gasteiger partial charge in [0.05, 0.1) is 6.04 Å². The summed E-state index contributed by atoms with van der Waals surface area (Å²) in [7, 11) is 0. The Morgan fingerprint density at radius 1 is 1.36 bits per heavy atom. The highest BCUT2D eigenvalue weighted by Gasteiger charge is 2.18. The highest BCUT2D eigenvalue weighted by atomic mass is 16.1. The maximum atomic E-state index is 11.0. The summed E-state index contributed by atoms with van der Waals surface area (Å²) in [5, 5.41) is 0. The minimum Gasteiger partial charge on any atom is -0.370 e. The SMILES string of the molecule is CC(C)C(=O)[C@@H](N)CC(N)=O. The molecule has 0 aromatic heterocycles. The number of amides is 1. The van der Waals surface area contributed by atoms with Crippen molar-refractivity contribution in [1.82, 2.24) is 0 Å². The fourth-order valence-corrected chi connectivity index (χ4v) is 0.745. The van der Waals surface area contributed by atoms with Crippen LogP contribution in [0.4, 0.5) is 0 Å². The number of carbonyl (C=O) groups excluding carboxylic acids is 2. The average Bonchev–Trinajstić information content (AvgIpc) is 1.84. The third-order valence-electron chi connectivity index (χ3n) is 1.36. The molecule has 11 heavy (non-hydrogen) atoms. The van der Waals surface area contributed by atoms with Crippen LogP contribution in [-0.2, 0) is 9.59 Å². The topological polar surface area (TPSA) is 86.2 Å². The fraction of sp³-hybridized carbons (Fsp3) is 0.714. The maximum absolute atomic E-state index is 11.0. The molecular formula is C7H14N2O2. The molecule has 0 heterocycles. The van der Waals surface area contributed by atoms with Crippen LogP contribution < -0.4 is 11.5 Å². The summed E-state index contributed by atoms with van der Waals surface area (Å²) in [6.07, 6.45) is -0.0585. The lowest BCUT2D eigenvalue weighted by Gasteiger charge is -2.10. The Kier molecular flexibility index (Phi) is 3.74. The summed E-state index contributed by atoms with van der Waals surface area (Å²) in [6, 6.07) is -0.729. The third-order valence-corrected chi connectivity index (χ3v) is 1.36. The van der Waals surface area contributed by atoms with Crippen molar-refractivity contribution >= 4 is 11.7 Å². The van der Waals surface area contributed by atoms with Gasteiger partial charge in [-0.3, -0.25) is 9.59 Å². The molecular weight excluding hydrogens is 144 g/mol. The van der Waals surface area contributed by atoms with Gasteiger partial charge in [0.1, 0.15) is 0 Å². The largest absolute Gasteiger partial charge is 0.370 e. The second-order valence-electron chi connectivity index (χ2n) is 2.83. The Labute approximate surface area is 65.9 Å². The molecule has 0 spiro atoms. The van der Waals surface area contributed by atoms with Gasteiger partial charge in [0.25, 0.3) is 0 Å². The van der Waals surface area contributed by atoms with Crippen molar-refractivity contribution in [2.75, 3.05) is 0 Å². The molecule has 0 unspecified atom stereocenters. The van der Waals surface area contributed by atoms with Crippen LogP contribution in [-0.4, -0.2) is 17.7 Å². The Morgan fingerprint density at radius 2 is 1.82 bits per heavy atom. The van der Waals surface area contributed by atoms with Crippen LogP contribution in [0.3, 0.4) is 0 Å². The van der Waals surface area contributed by atoms with E-state index in [9.17, 15) is 9.59 Å². The van der Waals surface area contributed by atoms with Gasteiger partial charge in [0.2, 0.25) is 5.91 Å². The molecule has 4 nitrogen and oxygen atoms in total. The first-order valence-corrected chi connectivity index (χ1v) is 3.52. The molecule has 0 aliphatic rings. The van der Waals surface area contributed by atoms with Crippen LogP contribution in [0, 0.1) is 5.92 Å². The number of carbonyl (C=O) groups is 2. The number of hydrogen-bond donors (Lipinski definition) is 2. The molecule has 0 bridgehead atoms. The molecule has 0 saturated carbocycles. The van der Waals surface area contributed by atoms with Gasteiger partial charge >= 0.3 is 0 Å². The fourth-order valence-electron chi connectivity index (χ4n) is 0.745. The van der Waals surface area contributed by atoms with Crippen molar-refractivity contribution in [3.8, 4) is 0 Å². The Hall–Kier alpha value is -0.900. The number of rotatable bonds is 4. The number of nitrogens with two attached hydrogens (primary N) is 2. The predicted molar refractivity (Wildman–Crippen MR) is 41.6 cm³/mol. The van der Waals surface area contributed by atoms with Crippen LogP contribution in [0.15, 0.2) is 0 Å². The Balaban J connectivity index is 3.93. The smallest absolute Gasteiger partial charge is 0.219 e. The monoisotopic (exact) mass is 158 g/mol. The van der Waals surface area contributed by atoms with Crippen molar-refractivity contribution in [2.45, 2.75) is 26.3 Å². The zero-order valence-corrected chi connectivity index (χ0v) is 6.83. The minimum atomic E-state index is -0.729. The lowest BCUT2D eigenvalue weighted by molar-refractivity contribution is -0.126. The summed E-state index contributed by atoms with van der Waals surface area (Å²) < 4.78 is 0. The molecule has 4 N–H and O–H groups in total. The molecule has 0 aliphatic heterocycles. The van der Waals surface area contributed by atoms with E-state index in [1.165, 1.54) is 0 Å². The van der Waals surface area contributed by atoms with E-state index in [0.29, 0.717) is 0 Å². The standard InChI is InChI=1S/C7H14N2O2/c1-4(2)7(11)5(8)3-6(9)10/h4-5H,3,8H2,1-2H3,(H2,9,10)/t5-/m0/s1. The van der Waals surface area contributed by atoms with E-state index in [0.717, 1.165) is 0 Å². The first kappa shape index (κ1) is 10.1. The average molecular weight is 158 g/mol. The summed E-state index contributed by atoms with van der Waals surface area (Å²) in [6.45, 7) is 3.48. The first-order valence-electron chi connectivity index (χ1n) is 3.52. The van der Waals surface area contributed by atoms with Gasteiger partial charge in [0.15, 0.2) is 5.78 Å². The molecule has 0 aromatic rings. The second-order valence-corrected chi connectivity index (χ2v) is 2.83. The molecule has 0 aliphatic carbocycles. The van der Waals surface area contributed by atoms with E-state index in [-0.39, 0.29) is 18.1 Å². The van der Waals surface area contributed by atoms with Gasteiger partial charge in [-0.05, 0) is 0 Å². The van der Waals surface area contributed by atoms with E-state index in [2.05, 4.69) is 0 Å². The van der Waals surface area contributed by atoms with Gasteiger partial charge in [0, 0.05) is 12.3 Å². The molecule has 4 heteroatoms. The quantitative estimate of drug-likeness (QED) is 0.573. The van der Waals surface area contributed by atoms with Crippen molar-refractivity contribution in [2.24, 2.45) is 17.4 Å². The third kappa shape index (κ3) is 3.72. The lowest BCUT2D eigenvalue weighted by Crippen LogP contribution is -2.37. The van der Waals surface area contributed by atoms with E-state index < -0.39 is 11.9 Å². The van der Waals surface area contributed by atoms with Gasteiger partial charge < -0.3 is 11.5 Å². The van der Waals surface area contributed by atoms with E-state index in [1.54, 1.807) is 13.8 Å². The molecule has 0 rings (SSSR count). The van der Waals surface area contributed by atoms with Crippen LogP contribution in [0.2, 0.25) is 0 Å². The number of ketones is 1. The van der Waals surface area contributed by atoms with Gasteiger partial charge in [-0.25, -0.2) is 0 Å². The summed E-state index contributed by atoms with van der Waals surface area (Å²) in [4.78, 5) is 21.4. The van der Waals surface area contributed by atoms with Gasteiger partial charge in [-0.15, -0.1) is 0 Å². The van der Waals surface area contributed by atoms with E-state index >= 15 is 0 Å². The zero-order valence-electron chi connectivity index (χ0n) is 6.83. The lowest BCUT2D eigenvalue weighted by atomic mass is 10.0. The number of Topliss-reactive ketones (excluding diaryl/α,β-unsaturated/α-hetero) is 1.